The van der Waals surface area contributed by atoms with E-state index in [0.29, 0.717) is 17.1 Å². The Labute approximate surface area is 164 Å². The number of hydrogen-bond acceptors (Lipinski definition) is 3. The van der Waals surface area contributed by atoms with Crippen LogP contribution in [0, 0.1) is 5.82 Å². The zero-order valence-electron chi connectivity index (χ0n) is 16.3. The summed E-state index contributed by atoms with van der Waals surface area (Å²) < 4.78 is 31.2. The average Bonchev–Trinajstić information content (AvgIpc) is 3.22. The predicted octanol–water partition coefficient (Wildman–Crippen LogP) is 5.67. The van der Waals surface area contributed by atoms with E-state index in [0.717, 1.165) is 41.7 Å². The largest absolute Gasteiger partial charge is 0.496 e. The van der Waals surface area contributed by atoms with E-state index in [1.165, 1.54) is 11.1 Å². The highest BCUT2D eigenvalue weighted by Crippen LogP contribution is 2.40. The van der Waals surface area contributed by atoms with Gasteiger partial charge in [0.15, 0.2) is 11.5 Å². The van der Waals surface area contributed by atoms with Crippen molar-refractivity contribution < 1.29 is 18.6 Å². The summed E-state index contributed by atoms with van der Waals surface area (Å²) in [6.45, 7) is 0. The number of ether oxygens (including phenoxy) is 3. The summed E-state index contributed by atoms with van der Waals surface area (Å²) in [5, 5.41) is 0. The summed E-state index contributed by atoms with van der Waals surface area (Å²) in [5.74, 6) is 1.94. The van der Waals surface area contributed by atoms with Crippen LogP contribution in [0.3, 0.4) is 0 Å². The topological polar surface area (TPSA) is 27.7 Å². The Bertz CT molecular complexity index is 1030. The fourth-order valence-corrected chi connectivity index (χ4v) is 4.05. The quantitative estimate of drug-likeness (QED) is 0.572. The molecule has 28 heavy (non-hydrogen) atoms. The third kappa shape index (κ3) is 3.09. The van der Waals surface area contributed by atoms with Gasteiger partial charge in [0.05, 0.1) is 21.3 Å². The van der Waals surface area contributed by atoms with Crippen molar-refractivity contribution >= 4 is 0 Å². The fourth-order valence-electron chi connectivity index (χ4n) is 4.05. The molecule has 0 saturated carbocycles. The lowest BCUT2D eigenvalue weighted by Gasteiger charge is -2.14. The summed E-state index contributed by atoms with van der Waals surface area (Å²) in [6.07, 6.45) is 3.02. The van der Waals surface area contributed by atoms with Crippen LogP contribution >= 0.6 is 0 Å². The van der Waals surface area contributed by atoms with Crippen LogP contribution in [0.2, 0.25) is 0 Å². The lowest BCUT2D eigenvalue weighted by Crippen LogP contribution is -1.96. The molecule has 1 aliphatic carbocycles. The van der Waals surface area contributed by atoms with Crippen LogP contribution in [0.15, 0.2) is 48.5 Å². The van der Waals surface area contributed by atoms with E-state index in [1.807, 2.05) is 42.5 Å². The maximum absolute atomic E-state index is 15.1. The van der Waals surface area contributed by atoms with Crippen molar-refractivity contribution in [3.05, 3.63) is 65.5 Å². The van der Waals surface area contributed by atoms with Crippen molar-refractivity contribution in [3.63, 3.8) is 0 Å². The van der Waals surface area contributed by atoms with Crippen LogP contribution in [-0.2, 0) is 12.8 Å². The second kappa shape index (κ2) is 7.55. The van der Waals surface area contributed by atoms with Crippen molar-refractivity contribution in [3.8, 4) is 39.5 Å². The van der Waals surface area contributed by atoms with Crippen LogP contribution in [0.25, 0.3) is 22.3 Å². The summed E-state index contributed by atoms with van der Waals surface area (Å²) in [5.41, 5.74) is 5.69. The van der Waals surface area contributed by atoms with Gasteiger partial charge >= 0.3 is 0 Å². The van der Waals surface area contributed by atoms with Crippen LogP contribution in [0.1, 0.15) is 17.5 Å². The number of benzene rings is 3. The van der Waals surface area contributed by atoms with Crippen LogP contribution < -0.4 is 14.2 Å². The molecule has 0 aromatic heterocycles. The van der Waals surface area contributed by atoms with Gasteiger partial charge in [0.25, 0.3) is 0 Å². The van der Waals surface area contributed by atoms with Gasteiger partial charge in [-0.25, -0.2) is 4.39 Å². The highest BCUT2D eigenvalue weighted by molar-refractivity contribution is 5.76. The Kier molecular flexibility index (Phi) is 4.95. The first-order chi connectivity index (χ1) is 13.7. The zero-order chi connectivity index (χ0) is 19.7. The third-order valence-corrected chi connectivity index (χ3v) is 5.44. The first kappa shape index (κ1) is 18.4. The summed E-state index contributed by atoms with van der Waals surface area (Å²) >= 11 is 0. The molecule has 3 aromatic carbocycles. The molecule has 0 radical (unpaired) electrons. The van der Waals surface area contributed by atoms with Gasteiger partial charge in [-0.3, -0.25) is 0 Å². The Hall–Kier alpha value is -3.01. The van der Waals surface area contributed by atoms with Crippen molar-refractivity contribution in [2.75, 3.05) is 21.3 Å². The van der Waals surface area contributed by atoms with E-state index < -0.39 is 0 Å². The van der Waals surface area contributed by atoms with Gasteiger partial charge in [0, 0.05) is 5.56 Å². The van der Waals surface area contributed by atoms with Crippen molar-refractivity contribution in [1.29, 1.82) is 0 Å². The van der Waals surface area contributed by atoms with Gasteiger partial charge < -0.3 is 14.2 Å². The smallest absolute Gasteiger partial charge is 0.161 e. The number of rotatable bonds is 5. The Balaban J connectivity index is 1.75. The highest BCUT2D eigenvalue weighted by Gasteiger charge is 2.21. The van der Waals surface area contributed by atoms with Crippen molar-refractivity contribution in [2.45, 2.75) is 19.3 Å². The van der Waals surface area contributed by atoms with Crippen LogP contribution in [-0.4, -0.2) is 21.3 Å². The lowest BCUT2D eigenvalue weighted by molar-refractivity contribution is 0.355. The molecule has 144 valence electrons. The number of fused-ring (bicyclic) bond motifs is 1. The number of methoxy groups -OCH3 is 3. The standard InChI is InChI=1S/C24H23FO3/c1-26-22-12-10-18(17-5-4-6-20(17)22)19-9-7-15(13-21(19)25)16-8-11-23(27-2)24(14-16)28-3/h7-14H,4-6H2,1-3H3. The molecule has 0 fully saturated rings. The zero-order valence-corrected chi connectivity index (χ0v) is 16.3. The van der Waals surface area contributed by atoms with Gasteiger partial charge in [-0.1, -0.05) is 24.3 Å². The van der Waals surface area contributed by atoms with Gasteiger partial charge in [0.2, 0.25) is 0 Å². The van der Waals surface area contributed by atoms with E-state index in [4.69, 9.17) is 14.2 Å². The SMILES string of the molecule is COc1ccc(-c2ccc(-c3ccc(OC)c4c3CCC4)c(F)c2)cc1OC. The third-order valence-electron chi connectivity index (χ3n) is 5.44. The van der Waals surface area contributed by atoms with Crippen LogP contribution in [0.5, 0.6) is 17.2 Å². The summed E-state index contributed by atoms with van der Waals surface area (Å²) in [7, 11) is 4.88. The van der Waals surface area contributed by atoms with Gasteiger partial charge in [-0.15, -0.1) is 0 Å². The van der Waals surface area contributed by atoms with Crippen molar-refractivity contribution in [1.82, 2.24) is 0 Å². The maximum Gasteiger partial charge on any atom is 0.161 e. The number of halogens is 1. The Morgan fingerprint density at radius 1 is 0.643 bits per heavy atom. The van der Waals surface area contributed by atoms with Gasteiger partial charge in [-0.05, 0) is 71.3 Å². The maximum atomic E-state index is 15.1. The van der Waals surface area contributed by atoms with Crippen LogP contribution in [0.4, 0.5) is 4.39 Å². The van der Waals surface area contributed by atoms with Gasteiger partial charge in [-0.2, -0.15) is 0 Å². The second-order valence-corrected chi connectivity index (χ2v) is 6.89. The first-order valence-electron chi connectivity index (χ1n) is 9.37. The molecule has 4 rings (SSSR count). The molecule has 0 saturated heterocycles. The molecule has 0 amide bonds. The molecular formula is C24H23FO3. The average molecular weight is 378 g/mol. The normalized spacial score (nSPS) is 12.6. The molecule has 0 bridgehead atoms. The molecule has 0 N–H and O–H groups in total. The molecular weight excluding hydrogens is 355 g/mol. The minimum Gasteiger partial charge on any atom is -0.496 e. The fraction of sp³-hybridized carbons (Fsp3) is 0.250. The Morgan fingerprint density at radius 3 is 1.96 bits per heavy atom. The molecule has 0 spiro atoms. The molecule has 0 heterocycles. The molecule has 3 aromatic rings. The lowest BCUT2D eigenvalue weighted by atomic mass is 9.94. The van der Waals surface area contributed by atoms with Crippen molar-refractivity contribution in [2.24, 2.45) is 0 Å². The van der Waals surface area contributed by atoms with E-state index >= 15 is 4.39 Å². The molecule has 0 aliphatic heterocycles. The predicted molar refractivity (Wildman–Crippen MR) is 109 cm³/mol. The summed E-state index contributed by atoms with van der Waals surface area (Å²) in [6, 6.07) is 14.9. The van der Waals surface area contributed by atoms with E-state index in [2.05, 4.69) is 0 Å². The van der Waals surface area contributed by atoms with E-state index in [1.54, 1.807) is 27.4 Å². The Morgan fingerprint density at radius 2 is 1.25 bits per heavy atom. The molecule has 0 atom stereocenters. The minimum atomic E-state index is -0.230. The molecule has 0 unspecified atom stereocenters. The molecule has 3 nitrogen and oxygen atoms in total. The van der Waals surface area contributed by atoms with Gasteiger partial charge in [0.1, 0.15) is 11.6 Å². The highest BCUT2D eigenvalue weighted by atomic mass is 19.1. The summed E-state index contributed by atoms with van der Waals surface area (Å²) in [4.78, 5) is 0. The van der Waals surface area contributed by atoms with E-state index in [-0.39, 0.29) is 5.82 Å². The first-order valence-corrected chi connectivity index (χ1v) is 9.37. The minimum absolute atomic E-state index is 0.230. The van der Waals surface area contributed by atoms with E-state index in [9.17, 15) is 0 Å². The number of hydrogen-bond donors (Lipinski definition) is 0. The second-order valence-electron chi connectivity index (χ2n) is 6.89. The monoisotopic (exact) mass is 378 g/mol. The molecule has 1 aliphatic rings. The molecule has 4 heteroatoms.